The molecule has 7 aromatic rings. The fourth-order valence-electron chi connectivity index (χ4n) is 11.5. The first-order valence-electron chi connectivity index (χ1n) is 25.9. The van der Waals surface area contributed by atoms with E-state index in [1.54, 1.807) is 12.1 Å². The lowest BCUT2D eigenvalue weighted by atomic mass is 9.77. The third-order valence-corrected chi connectivity index (χ3v) is 18.9. The number of rotatable bonds is 14. The van der Waals surface area contributed by atoms with E-state index in [1.165, 1.54) is 49.6 Å². The Bertz CT molecular complexity index is 3570. The molecule has 0 saturated carbocycles. The summed E-state index contributed by atoms with van der Waals surface area (Å²) in [6.07, 6.45) is 7.01. The number of hydrogen-bond donors (Lipinski definition) is 4. The molecule has 0 amide bonds. The van der Waals surface area contributed by atoms with Gasteiger partial charge in [0, 0.05) is 63.7 Å². The minimum Gasteiger partial charge on any atom is -0.475 e. The van der Waals surface area contributed by atoms with Crippen molar-refractivity contribution in [2.24, 2.45) is 4.99 Å². The maximum Gasteiger partial charge on any atom is 0.488 e. The van der Waals surface area contributed by atoms with Crippen molar-refractivity contribution in [2.75, 3.05) is 53.8 Å². The van der Waals surface area contributed by atoms with Crippen molar-refractivity contribution < 1.29 is 29.4 Å². The van der Waals surface area contributed by atoms with Gasteiger partial charge in [-0.2, -0.15) is 0 Å². The predicted molar refractivity (Wildman–Crippen MR) is 315 cm³/mol. The molecule has 380 valence electrons. The van der Waals surface area contributed by atoms with Gasteiger partial charge in [0.1, 0.15) is 28.8 Å². The van der Waals surface area contributed by atoms with Gasteiger partial charge in [-0.3, -0.25) is 9.80 Å². The molecule has 13 heteroatoms. The number of aliphatic imine (C=N–C) groups is 1. The van der Waals surface area contributed by atoms with Crippen LogP contribution < -0.4 is 21.0 Å². The summed E-state index contributed by atoms with van der Waals surface area (Å²) in [5.41, 5.74) is 14.9. The van der Waals surface area contributed by atoms with Crippen molar-refractivity contribution in [1.29, 1.82) is 0 Å². The van der Waals surface area contributed by atoms with E-state index in [4.69, 9.17) is 9.73 Å². The maximum atomic E-state index is 10.4. The molecular weight excluding hydrogens is 944 g/mol. The van der Waals surface area contributed by atoms with Gasteiger partial charge in [0.05, 0.1) is 5.54 Å². The summed E-state index contributed by atoms with van der Waals surface area (Å²) in [6.45, 7) is 11.9. The quantitative estimate of drug-likeness (QED) is 0.0508. The van der Waals surface area contributed by atoms with Gasteiger partial charge < -0.3 is 29.7 Å². The Balaban J connectivity index is 1.19. The maximum absolute atomic E-state index is 10.4. The molecule has 7 aromatic carbocycles. The second-order valence-electron chi connectivity index (χ2n) is 22.3. The molecule has 10 rings (SSSR count). The van der Waals surface area contributed by atoms with E-state index >= 15 is 0 Å². The molecule has 2 heterocycles. The molecule has 75 heavy (non-hydrogen) atoms. The Labute approximate surface area is 443 Å². The van der Waals surface area contributed by atoms with Gasteiger partial charge in [-0.25, -0.2) is 9.57 Å². The third kappa shape index (κ3) is 10.1. The van der Waals surface area contributed by atoms with E-state index in [0.29, 0.717) is 49.6 Å². The Kier molecular flexibility index (Phi) is 14.1. The Morgan fingerprint density at radius 2 is 1.17 bits per heavy atom. The lowest BCUT2D eigenvalue weighted by molar-refractivity contribution is -0.462. The number of anilines is 1. The number of fused-ring (bicyclic) bond motifs is 4. The van der Waals surface area contributed by atoms with Crippen molar-refractivity contribution in [2.45, 2.75) is 58.7 Å². The van der Waals surface area contributed by atoms with E-state index in [-0.39, 0.29) is 5.54 Å². The Morgan fingerprint density at radius 1 is 0.613 bits per heavy atom. The highest BCUT2D eigenvalue weighted by Gasteiger charge is 2.41. The molecule has 0 spiro atoms. The molecular formula is C62H68B2N5O5Si+. The minimum atomic E-state index is -2.23. The molecule has 3 aliphatic rings. The summed E-state index contributed by atoms with van der Waals surface area (Å²) < 4.78 is 8.68. The van der Waals surface area contributed by atoms with Crippen molar-refractivity contribution in [3.05, 3.63) is 195 Å². The van der Waals surface area contributed by atoms with Crippen molar-refractivity contribution >= 4 is 82.8 Å². The molecule has 0 atom stereocenters. The van der Waals surface area contributed by atoms with Crippen molar-refractivity contribution in [1.82, 2.24) is 9.80 Å². The van der Waals surface area contributed by atoms with Crippen LogP contribution in [0.1, 0.15) is 52.8 Å². The molecule has 0 saturated heterocycles. The molecule has 0 radical (unpaired) electrons. The van der Waals surface area contributed by atoms with Crippen molar-refractivity contribution in [3.63, 3.8) is 0 Å². The fraction of sp³-hybridized carbons (Fsp3) is 0.258. The van der Waals surface area contributed by atoms with Crippen LogP contribution in [-0.2, 0) is 30.9 Å². The van der Waals surface area contributed by atoms with Crippen LogP contribution >= 0.6 is 0 Å². The van der Waals surface area contributed by atoms with E-state index < -0.39 is 22.3 Å². The van der Waals surface area contributed by atoms with Gasteiger partial charge in [-0.15, -0.1) is 0 Å². The lowest BCUT2D eigenvalue weighted by Crippen LogP contribution is -2.49. The monoisotopic (exact) mass is 1010 g/mol. The molecule has 4 N–H and O–H groups in total. The van der Waals surface area contributed by atoms with Crippen LogP contribution in [0.2, 0.25) is 13.1 Å². The summed E-state index contributed by atoms with van der Waals surface area (Å²) in [5.74, 6) is 0.642. The predicted octanol–water partition coefficient (Wildman–Crippen LogP) is 7.38. The Morgan fingerprint density at radius 3 is 1.75 bits per heavy atom. The highest BCUT2D eigenvalue weighted by Crippen LogP contribution is 2.44. The lowest BCUT2D eigenvalue weighted by Gasteiger charge is -2.38. The molecule has 1 aliphatic carbocycles. The smallest absolute Gasteiger partial charge is 0.475 e. The number of benzene rings is 7. The van der Waals surface area contributed by atoms with E-state index in [1.807, 2.05) is 36.4 Å². The van der Waals surface area contributed by atoms with Gasteiger partial charge in [0.15, 0.2) is 5.71 Å². The van der Waals surface area contributed by atoms with E-state index in [0.717, 1.165) is 54.9 Å². The van der Waals surface area contributed by atoms with Crippen LogP contribution in [0.25, 0.3) is 38.2 Å². The van der Waals surface area contributed by atoms with E-state index in [9.17, 15) is 20.1 Å². The molecule has 2 aliphatic heterocycles. The van der Waals surface area contributed by atoms with Gasteiger partial charge in [0.25, 0.3) is 0 Å². The van der Waals surface area contributed by atoms with Crippen LogP contribution in [0.3, 0.4) is 0 Å². The zero-order valence-electron chi connectivity index (χ0n) is 45.0. The number of nitrogens with zero attached hydrogens (tertiary/aromatic N) is 5. The zero-order valence-corrected chi connectivity index (χ0v) is 46.0. The summed E-state index contributed by atoms with van der Waals surface area (Å²) in [6, 6.07) is 44.4. The van der Waals surface area contributed by atoms with E-state index in [2.05, 4.69) is 186 Å². The average Bonchev–Trinajstić information content (AvgIpc) is 3.77. The molecule has 10 nitrogen and oxygen atoms in total. The summed E-state index contributed by atoms with van der Waals surface area (Å²) in [5, 5.41) is 48.6. The van der Waals surface area contributed by atoms with Crippen LogP contribution in [-0.4, -0.2) is 123 Å². The summed E-state index contributed by atoms with van der Waals surface area (Å²) >= 11 is 0. The Hall–Kier alpha value is -6.67. The van der Waals surface area contributed by atoms with Crippen LogP contribution in [0, 0.1) is 0 Å². The number of allylic oxidation sites excluding steroid dienone is 5. The number of hydrogen-bond acceptors (Lipinski definition) is 9. The summed E-state index contributed by atoms with van der Waals surface area (Å²) in [4.78, 5) is 11.8. The third-order valence-electron chi connectivity index (χ3n) is 15.3. The zero-order chi connectivity index (χ0) is 53.1. The second-order valence-corrected chi connectivity index (χ2v) is 26.6. The fourth-order valence-corrected chi connectivity index (χ4v) is 14.5. The van der Waals surface area contributed by atoms with Crippen LogP contribution in [0.5, 0.6) is 0 Å². The van der Waals surface area contributed by atoms with Crippen molar-refractivity contribution in [3.8, 4) is 11.1 Å². The van der Waals surface area contributed by atoms with Crippen LogP contribution in [0.4, 0.5) is 5.69 Å². The van der Waals surface area contributed by atoms with Gasteiger partial charge >= 0.3 is 14.2 Å². The first kappa shape index (κ1) is 51.8. The molecule has 0 unspecified atom stereocenters. The largest absolute Gasteiger partial charge is 0.488 e. The number of ether oxygens (including phenoxy) is 1. The standard InChI is InChI=1S/C62H68B2N5O5Si/c1-62(2)39-74-61(65-62)45-30-43(29-44(31-45)60-51-27-24-46(66(3)4)33-58(51)75(9,10)59-34-47(67(5)6)25-28-52(59)60)40-23-26-50-53(32-40)55(38-69(8)36-42-18-12-16-22-57(42)64(72)73)49-20-14-13-19-48(49)54(50)37-68(7)35-41-17-11-15-21-56(41)63(70)71/h11-34,70-73H,35-39H2,1-10H3/q+1. The first-order chi connectivity index (χ1) is 35.8. The highest BCUT2D eigenvalue weighted by molar-refractivity contribution is 6.98. The minimum absolute atomic E-state index is 0.367. The molecule has 0 bridgehead atoms. The molecule has 0 fully saturated rings. The first-order valence-corrected chi connectivity index (χ1v) is 28.9. The highest BCUT2D eigenvalue weighted by atomic mass is 28.3. The van der Waals surface area contributed by atoms with Crippen LogP contribution in [0.15, 0.2) is 161 Å². The molecule has 0 aromatic heterocycles. The van der Waals surface area contributed by atoms with Gasteiger partial charge in [0.2, 0.25) is 5.90 Å². The topological polar surface area (TPSA) is 115 Å². The normalized spacial score (nSPS) is 15.5. The van der Waals surface area contributed by atoms with Gasteiger partial charge in [-0.05, 0) is 169 Å². The summed E-state index contributed by atoms with van der Waals surface area (Å²) in [7, 11) is 7.25. The SMILES string of the molecule is CN(Cc1ccccc1B(O)O)Cc1c2ccccc2c(CN(C)Cc2ccccc2B(O)O)c2cc(-c3cc(C4=NC(C)(C)CO4)cc(C4=C5C=CC(=[N+](C)C)C=C5[Si](C)(C)c5cc(N(C)C)ccc54)c3)ccc12. The second kappa shape index (κ2) is 20.5. The average molecular weight is 1010 g/mol. The van der Waals surface area contributed by atoms with Gasteiger partial charge in [-0.1, -0.05) is 104 Å².